The van der Waals surface area contributed by atoms with E-state index in [4.69, 9.17) is 9.47 Å². The smallest absolute Gasteiger partial charge is 0.387 e. The molecule has 0 bridgehead atoms. The van der Waals surface area contributed by atoms with Crippen LogP contribution in [-0.4, -0.2) is 61.2 Å². The fourth-order valence-electron chi connectivity index (χ4n) is 3.45. The van der Waals surface area contributed by atoms with E-state index in [1.54, 1.807) is 26.3 Å². The second-order valence-electron chi connectivity index (χ2n) is 7.05. The van der Waals surface area contributed by atoms with Crippen molar-refractivity contribution in [3.05, 3.63) is 35.4 Å². The maximum absolute atomic E-state index is 12.6. The Bertz CT molecular complexity index is 890. The molecular weight excluding hydrogens is 410 g/mol. The summed E-state index contributed by atoms with van der Waals surface area (Å²) in [5.41, 5.74) is 0.843. The van der Waals surface area contributed by atoms with Crippen molar-refractivity contribution in [3.63, 3.8) is 0 Å². The quantitative estimate of drug-likeness (QED) is 0.455. The molecule has 2 aromatic rings. The van der Waals surface area contributed by atoms with E-state index in [1.807, 2.05) is 10.7 Å². The molecule has 0 spiro atoms. The molecule has 0 fully saturated rings. The van der Waals surface area contributed by atoms with Crippen LogP contribution in [0.2, 0.25) is 0 Å². The van der Waals surface area contributed by atoms with Crippen LogP contribution in [0.3, 0.4) is 0 Å². The predicted octanol–water partition coefficient (Wildman–Crippen LogP) is 1.76. The predicted molar refractivity (Wildman–Crippen MR) is 111 cm³/mol. The molecule has 1 unspecified atom stereocenters. The number of nitrogens with one attached hydrogen (secondary N) is 2. The average molecular weight is 438 g/mol. The van der Waals surface area contributed by atoms with E-state index in [9.17, 15) is 8.78 Å². The SMILES string of the molecule is CN=C(NCCc1ccc(OC)c(OC(F)F)c1)NC1CCc2nc(COC)nn2C1. The second kappa shape index (κ2) is 10.9. The van der Waals surface area contributed by atoms with Crippen LogP contribution in [0, 0.1) is 0 Å². The normalized spacial score (nSPS) is 16.2. The Morgan fingerprint density at radius 2 is 2.16 bits per heavy atom. The molecule has 11 heteroatoms. The van der Waals surface area contributed by atoms with E-state index in [0.29, 0.717) is 37.9 Å². The number of alkyl halides is 2. The molecular formula is C20H28F2N6O3. The van der Waals surface area contributed by atoms with Gasteiger partial charge in [0.15, 0.2) is 23.3 Å². The van der Waals surface area contributed by atoms with E-state index in [-0.39, 0.29) is 17.5 Å². The van der Waals surface area contributed by atoms with Crippen LogP contribution in [0.4, 0.5) is 8.78 Å². The Hall–Kier alpha value is -2.95. The van der Waals surface area contributed by atoms with E-state index >= 15 is 0 Å². The molecule has 1 aliphatic rings. The summed E-state index contributed by atoms with van der Waals surface area (Å²) < 4.78 is 41.8. The largest absolute Gasteiger partial charge is 0.493 e. The summed E-state index contributed by atoms with van der Waals surface area (Å²) in [6.45, 7) is -1.24. The van der Waals surface area contributed by atoms with Crippen molar-refractivity contribution in [1.29, 1.82) is 0 Å². The number of fused-ring (bicyclic) bond motifs is 1. The number of hydrogen-bond acceptors (Lipinski definition) is 6. The standard InChI is InChI=1S/C20H28F2N6O3/c1-23-20(25-14-5-7-18-26-17(12-29-2)27-28(18)11-14)24-9-8-13-4-6-15(30-3)16(10-13)31-19(21)22/h4,6,10,14,19H,5,7-9,11-12H2,1-3H3,(H2,23,24,25). The Labute approximate surface area is 179 Å². The number of rotatable bonds is 9. The highest BCUT2D eigenvalue weighted by Crippen LogP contribution is 2.29. The molecule has 170 valence electrons. The van der Waals surface area contributed by atoms with E-state index in [2.05, 4.69) is 30.4 Å². The maximum atomic E-state index is 12.6. The number of nitrogens with zero attached hydrogens (tertiary/aromatic N) is 4. The van der Waals surface area contributed by atoms with Crippen LogP contribution < -0.4 is 20.1 Å². The van der Waals surface area contributed by atoms with Crippen molar-refractivity contribution >= 4 is 5.96 Å². The number of aliphatic imine (C=N–C) groups is 1. The molecule has 1 aliphatic heterocycles. The Balaban J connectivity index is 1.51. The minimum atomic E-state index is -2.91. The van der Waals surface area contributed by atoms with Gasteiger partial charge in [0.1, 0.15) is 12.4 Å². The molecule has 2 heterocycles. The molecule has 1 atom stereocenters. The Morgan fingerprint density at radius 3 is 2.87 bits per heavy atom. The Morgan fingerprint density at radius 1 is 1.32 bits per heavy atom. The van der Waals surface area contributed by atoms with Gasteiger partial charge >= 0.3 is 6.61 Å². The summed E-state index contributed by atoms with van der Waals surface area (Å²) in [6.07, 6.45) is 2.34. The lowest BCUT2D eigenvalue weighted by atomic mass is 10.1. The number of ether oxygens (including phenoxy) is 3. The van der Waals surface area contributed by atoms with Gasteiger partial charge in [-0.15, -0.1) is 0 Å². The Kier molecular flexibility index (Phi) is 7.99. The zero-order valence-corrected chi connectivity index (χ0v) is 17.9. The summed E-state index contributed by atoms with van der Waals surface area (Å²) in [7, 11) is 4.74. The summed E-state index contributed by atoms with van der Waals surface area (Å²) in [6, 6.07) is 5.17. The molecule has 9 nitrogen and oxygen atoms in total. The molecule has 31 heavy (non-hydrogen) atoms. The monoisotopic (exact) mass is 438 g/mol. The van der Waals surface area contributed by atoms with Gasteiger partial charge in [-0.05, 0) is 30.5 Å². The molecule has 0 saturated heterocycles. The van der Waals surface area contributed by atoms with Crippen molar-refractivity contribution in [2.75, 3.05) is 27.8 Å². The third-order valence-electron chi connectivity index (χ3n) is 4.89. The zero-order valence-electron chi connectivity index (χ0n) is 17.9. The van der Waals surface area contributed by atoms with Crippen molar-refractivity contribution in [2.24, 2.45) is 4.99 Å². The van der Waals surface area contributed by atoms with Gasteiger partial charge in [-0.1, -0.05) is 6.07 Å². The van der Waals surface area contributed by atoms with Crippen molar-refractivity contribution in [1.82, 2.24) is 25.4 Å². The number of benzene rings is 1. The summed E-state index contributed by atoms with van der Waals surface area (Å²) in [5, 5.41) is 11.1. The van der Waals surface area contributed by atoms with Crippen LogP contribution in [0.15, 0.2) is 23.2 Å². The number of methoxy groups -OCH3 is 2. The minimum absolute atomic E-state index is 0.0243. The van der Waals surface area contributed by atoms with E-state index in [0.717, 1.165) is 24.2 Å². The molecule has 1 aromatic heterocycles. The summed E-state index contributed by atoms with van der Waals surface area (Å²) >= 11 is 0. The zero-order chi connectivity index (χ0) is 22.2. The number of aryl methyl sites for hydroxylation is 1. The third kappa shape index (κ3) is 6.27. The van der Waals surface area contributed by atoms with E-state index < -0.39 is 6.61 Å². The summed E-state index contributed by atoms with van der Waals surface area (Å²) in [4.78, 5) is 8.76. The first-order valence-electron chi connectivity index (χ1n) is 10.0. The van der Waals surface area contributed by atoms with Crippen molar-refractivity contribution in [3.8, 4) is 11.5 Å². The van der Waals surface area contributed by atoms with Crippen LogP contribution >= 0.6 is 0 Å². The average Bonchev–Trinajstić information content (AvgIpc) is 3.14. The number of aromatic nitrogens is 3. The van der Waals surface area contributed by atoms with Gasteiger partial charge in [0.05, 0.1) is 13.7 Å². The minimum Gasteiger partial charge on any atom is -0.493 e. The molecule has 2 N–H and O–H groups in total. The number of halogens is 2. The third-order valence-corrected chi connectivity index (χ3v) is 4.89. The molecule has 0 aliphatic carbocycles. The number of guanidine groups is 1. The van der Waals surface area contributed by atoms with Crippen LogP contribution in [0.1, 0.15) is 23.6 Å². The highest BCUT2D eigenvalue weighted by atomic mass is 19.3. The van der Waals surface area contributed by atoms with Gasteiger partial charge in [0.25, 0.3) is 0 Å². The first-order chi connectivity index (χ1) is 15.0. The van der Waals surface area contributed by atoms with Crippen LogP contribution in [-0.2, 0) is 30.7 Å². The van der Waals surface area contributed by atoms with Gasteiger partial charge < -0.3 is 24.8 Å². The second-order valence-corrected chi connectivity index (χ2v) is 7.05. The highest BCUT2D eigenvalue weighted by molar-refractivity contribution is 5.79. The molecule has 3 rings (SSSR count). The van der Waals surface area contributed by atoms with Crippen LogP contribution in [0.5, 0.6) is 11.5 Å². The lowest BCUT2D eigenvalue weighted by Crippen LogP contribution is -2.47. The van der Waals surface area contributed by atoms with Gasteiger partial charge in [-0.25, -0.2) is 9.67 Å². The number of hydrogen-bond donors (Lipinski definition) is 2. The molecule has 0 radical (unpaired) electrons. The fraction of sp³-hybridized carbons (Fsp3) is 0.550. The van der Waals surface area contributed by atoms with Crippen LogP contribution in [0.25, 0.3) is 0 Å². The van der Waals surface area contributed by atoms with Crippen molar-refractivity contribution in [2.45, 2.75) is 45.1 Å². The lowest BCUT2D eigenvalue weighted by molar-refractivity contribution is -0.0512. The molecule has 0 amide bonds. The summed E-state index contributed by atoms with van der Waals surface area (Å²) in [5.74, 6) is 2.62. The topological polar surface area (TPSA) is 94.8 Å². The van der Waals surface area contributed by atoms with Gasteiger partial charge in [0.2, 0.25) is 0 Å². The first kappa shape index (κ1) is 22.7. The van der Waals surface area contributed by atoms with Gasteiger partial charge in [0, 0.05) is 33.2 Å². The fourth-order valence-corrected chi connectivity index (χ4v) is 3.45. The first-order valence-corrected chi connectivity index (χ1v) is 10.0. The van der Waals surface area contributed by atoms with Gasteiger partial charge in [-0.2, -0.15) is 13.9 Å². The lowest BCUT2D eigenvalue weighted by Gasteiger charge is -2.25. The van der Waals surface area contributed by atoms with E-state index in [1.165, 1.54) is 7.11 Å². The molecule has 1 aromatic carbocycles. The van der Waals surface area contributed by atoms with Gasteiger partial charge in [-0.3, -0.25) is 4.99 Å². The molecule has 0 saturated carbocycles. The maximum Gasteiger partial charge on any atom is 0.387 e. The van der Waals surface area contributed by atoms with Crippen molar-refractivity contribution < 1.29 is 23.0 Å². The highest BCUT2D eigenvalue weighted by Gasteiger charge is 2.22.